The molecule has 2 rings (SSSR count). The molecule has 0 spiro atoms. The molecule has 2 aromatic rings. The maximum absolute atomic E-state index is 13.7. The highest BCUT2D eigenvalue weighted by molar-refractivity contribution is 9.10. The van der Waals surface area contributed by atoms with E-state index in [2.05, 4.69) is 15.9 Å². The molecule has 2 aromatic carbocycles. The highest BCUT2D eigenvalue weighted by atomic mass is 79.9. The smallest absolute Gasteiger partial charge is 0.136 e. The molecule has 0 aliphatic rings. The van der Waals surface area contributed by atoms with E-state index in [1.165, 1.54) is 13.0 Å². The van der Waals surface area contributed by atoms with Gasteiger partial charge in [-0.15, -0.1) is 0 Å². The van der Waals surface area contributed by atoms with Gasteiger partial charge in [-0.1, -0.05) is 28.1 Å². The van der Waals surface area contributed by atoms with Crippen molar-refractivity contribution in [2.75, 3.05) is 0 Å². The predicted octanol–water partition coefficient (Wildman–Crippen LogP) is 4.74. The lowest BCUT2D eigenvalue weighted by Crippen LogP contribution is -2.00. The highest BCUT2D eigenvalue weighted by Crippen LogP contribution is 2.34. The molecule has 0 saturated heterocycles. The lowest BCUT2D eigenvalue weighted by atomic mass is 10.1. The van der Waals surface area contributed by atoms with Crippen LogP contribution in [-0.2, 0) is 0 Å². The summed E-state index contributed by atoms with van der Waals surface area (Å²) in [5.74, 6) is 0.484. The standard InChI is InChI=1S/C15H14BrFO2/c1-9-6-7-11(16)8-14(9)19-13-5-3-4-12(17)15(13)10(2)18/h3-8,10,18H,1-2H3. The molecule has 100 valence electrons. The van der Waals surface area contributed by atoms with Gasteiger partial charge in [0.05, 0.1) is 11.7 Å². The van der Waals surface area contributed by atoms with E-state index < -0.39 is 11.9 Å². The first-order chi connectivity index (χ1) is 8.99. The third-order valence-corrected chi connectivity index (χ3v) is 3.29. The van der Waals surface area contributed by atoms with Crippen molar-refractivity contribution in [3.05, 3.63) is 57.8 Å². The van der Waals surface area contributed by atoms with Crippen molar-refractivity contribution in [1.29, 1.82) is 0 Å². The molecule has 0 aliphatic heterocycles. The second-order valence-corrected chi connectivity index (χ2v) is 5.26. The van der Waals surface area contributed by atoms with E-state index in [0.717, 1.165) is 10.0 Å². The zero-order chi connectivity index (χ0) is 14.0. The molecule has 0 bridgehead atoms. The minimum atomic E-state index is -0.927. The first-order valence-electron chi connectivity index (χ1n) is 5.89. The van der Waals surface area contributed by atoms with Crippen LogP contribution in [0.1, 0.15) is 24.2 Å². The Bertz CT molecular complexity index is 597. The summed E-state index contributed by atoms with van der Waals surface area (Å²) in [6.07, 6.45) is -0.927. The molecule has 0 aliphatic carbocycles. The van der Waals surface area contributed by atoms with Crippen LogP contribution < -0.4 is 4.74 Å². The van der Waals surface area contributed by atoms with Gasteiger partial charge >= 0.3 is 0 Å². The number of benzene rings is 2. The number of halogens is 2. The number of aryl methyl sites for hydroxylation is 1. The molecule has 0 radical (unpaired) electrons. The van der Waals surface area contributed by atoms with Gasteiger partial charge in [-0.2, -0.15) is 0 Å². The van der Waals surface area contributed by atoms with Crippen molar-refractivity contribution in [1.82, 2.24) is 0 Å². The quantitative estimate of drug-likeness (QED) is 0.883. The van der Waals surface area contributed by atoms with E-state index in [0.29, 0.717) is 11.5 Å². The van der Waals surface area contributed by atoms with Crippen molar-refractivity contribution >= 4 is 15.9 Å². The monoisotopic (exact) mass is 324 g/mol. The van der Waals surface area contributed by atoms with Crippen molar-refractivity contribution in [3.63, 3.8) is 0 Å². The molecule has 19 heavy (non-hydrogen) atoms. The van der Waals surface area contributed by atoms with Gasteiger partial charge in [0.15, 0.2) is 0 Å². The first kappa shape index (κ1) is 14.0. The molecule has 1 unspecified atom stereocenters. The van der Waals surface area contributed by atoms with Crippen LogP contribution in [0.3, 0.4) is 0 Å². The highest BCUT2D eigenvalue weighted by Gasteiger charge is 2.15. The Kier molecular flexibility index (Phi) is 4.22. The third-order valence-electron chi connectivity index (χ3n) is 2.80. The van der Waals surface area contributed by atoms with E-state index in [-0.39, 0.29) is 5.56 Å². The summed E-state index contributed by atoms with van der Waals surface area (Å²) in [7, 11) is 0. The molecule has 2 nitrogen and oxygen atoms in total. The van der Waals surface area contributed by atoms with Crippen LogP contribution in [0.5, 0.6) is 11.5 Å². The SMILES string of the molecule is Cc1ccc(Br)cc1Oc1cccc(F)c1C(C)O. The van der Waals surface area contributed by atoms with E-state index >= 15 is 0 Å². The van der Waals surface area contributed by atoms with Gasteiger partial charge in [-0.3, -0.25) is 0 Å². The summed E-state index contributed by atoms with van der Waals surface area (Å²) in [5, 5.41) is 9.66. The molecule has 0 heterocycles. The van der Waals surface area contributed by atoms with Gasteiger partial charge in [0.1, 0.15) is 17.3 Å². The Hall–Kier alpha value is -1.39. The number of ether oxygens (including phenoxy) is 1. The van der Waals surface area contributed by atoms with Crippen molar-refractivity contribution in [3.8, 4) is 11.5 Å². The van der Waals surface area contributed by atoms with Crippen LogP contribution in [0, 0.1) is 12.7 Å². The molecule has 1 N–H and O–H groups in total. The Morgan fingerprint density at radius 2 is 1.95 bits per heavy atom. The minimum absolute atomic E-state index is 0.168. The minimum Gasteiger partial charge on any atom is -0.457 e. The average molecular weight is 325 g/mol. The zero-order valence-electron chi connectivity index (χ0n) is 10.7. The van der Waals surface area contributed by atoms with Crippen molar-refractivity contribution < 1.29 is 14.2 Å². The first-order valence-corrected chi connectivity index (χ1v) is 6.69. The molecule has 0 amide bonds. The average Bonchev–Trinajstić information content (AvgIpc) is 2.33. The Morgan fingerprint density at radius 1 is 1.21 bits per heavy atom. The lowest BCUT2D eigenvalue weighted by Gasteiger charge is -2.15. The summed E-state index contributed by atoms with van der Waals surface area (Å²) in [4.78, 5) is 0. The summed E-state index contributed by atoms with van der Waals surface area (Å²) in [6, 6.07) is 10.1. The van der Waals surface area contributed by atoms with Crippen LogP contribution in [-0.4, -0.2) is 5.11 Å². The molecule has 4 heteroatoms. The normalized spacial score (nSPS) is 12.3. The molecule has 1 atom stereocenters. The number of aliphatic hydroxyl groups is 1. The molecule has 0 fully saturated rings. The molecular formula is C15H14BrFO2. The predicted molar refractivity (Wildman–Crippen MR) is 76.0 cm³/mol. The Morgan fingerprint density at radius 3 is 2.63 bits per heavy atom. The fourth-order valence-electron chi connectivity index (χ4n) is 1.81. The van der Waals surface area contributed by atoms with Crippen LogP contribution in [0.4, 0.5) is 4.39 Å². The van der Waals surface area contributed by atoms with Crippen LogP contribution in [0.2, 0.25) is 0 Å². The van der Waals surface area contributed by atoms with Crippen LogP contribution in [0.25, 0.3) is 0 Å². The van der Waals surface area contributed by atoms with Crippen LogP contribution in [0.15, 0.2) is 40.9 Å². The summed E-state index contributed by atoms with van der Waals surface area (Å²) in [6.45, 7) is 3.42. The van der Waals surface area contributed by atoms with Gasteiger partial charge in [-0.25, -0.2) is 4.39 Å². The topological polar surface area (TPSA) is 29.5 Å². The number of rotatable bonds is 3. The fourth-order valence-corrected chi connectivity index (χ4v) is 2.15. The molecule has 0 aromatic heterocycles. The van der Waals surface area contributed by atoms with Gasteiger partial charge < -0.3 is 9.84 Å². The maximum Gasteiger partial charge on any atom is 0.136 e. The zero-order valence-corrected chi connectivity index (χ0v) is 12.2. The largest absolute Gasteiger partial charge is 0.457 e. The van der Waals surface area contributed by atoms with Gasteiger partial charge in [0.2, 0.25) is 0 Å². The van der Waals surface area contributed by atoms with E-state index in [4.69, 9.17) is 4.74 Å². The molecule has 0 saturated carbocycles. The fraction of sp³-hybridized carbons (Fsp3) is 0.200. The van der Waals surface area contributed by atoms with Crippen molar-refractivity contribution in [2.45, 2.75) is 20.0 Å². The van der Waals surface area contributed by atoms with Gasteiger partial charge in [-0.05, 0) is 43.7 Å². The Labute approximate surface area is 120 Å². The second-order valence-electron chi connectivity index (χ2n) is 4.34. The number of hydrogen-bond donors (Lipinski definition) is 1. The summed E-state index contributed by atoms with van der Waals surface area (Å²) in [5.41, 5.74) is 1.10. The number of aliphatic hydroxyl groups excluding tert-OH is 1. The summed E-state index contributed by atoms with van der Waals surface area (Å²) < 4.78 is 20.3. The van der Waals surface area contributed by atoms with E-state index in [9.17, 15) is 9.50 Å². The second kappa shape index (κ2) is 5.72. The lowest BCUT2D eigenvalue weighted by molar-refractivity contribution is 0.190. The van der Waals surface area contributed by atoms with Crippen molar-refractivity contribution in [2.24, 2.45) is 0 Å². The van der Waals surface area contributed by atoms with E-state index in [1.807, 2.05) is 25.1 Å². The Balaban J connectivity index is 2.44. The third kappa shape index (κ3) is 3.14. The molecular weight excluding hydrogens is 311 g/mol. The van der Waals surface area contributed by atoms with E-state index in [1.54, 1.807) is 12.1 Å². The summed E-state index contributed by atoms with van der Waals surface area (Å²) >= 11 is 3.37. The van der Waals surface area contributed by atoms with Crippen LogP contribution >= 0.6 is 15.9 Å². The maximum atomic E-state index is 13.7. The van der Waals surface area contributed by atoms with Gasteiger partial charge in [0.25, 0.3) is 0 Å². The van der Waals surface area contributed by atoms with Gasteiger partial charge in [0, 0.05) is 4.47 Å². The number of hydrogen-bond acceptors (Lipinski definition) is 2.